The number of ether oxygens (including phenoxy) is 2. The van der Waals surface area contributed by atoms with Gasteiger partial charge in [-0.3, -0.25) is 9.59 Å². The lowest BCUT2D eigenvalue weighted by Crippen LogP contribution is -2.25. The molecule has 0 saturated carbocycles. The van der Waals surface area contributed by atoms with Crippen molar-refractivity contribution in [1.29, 1.82) is 0 Å². The minimum atomic E-state index is -0.258. The molecule has 0 bridgehead atoms. The topological polar surface area (TPSA) is 76.7 Å². The number of para-hydroxylation sites is 1. The van der Waals surface area contributed by atoms with Gasteiger partial charge in [-0.05, 0) is 41.8 Å². The minimum Gasteiger partial charge on any atom is -0.454 e. The third-order valence-electron chi connectivity index (χ3n) is 4.82. The summed E-state index contributed by atoms with van der Waals surface area (Å²) in [7, 11) is 0. The SMILES string of the molecule is O=C(CCc1ccccc1)Nc1ccccc1C(=O)NCc1ccc2c(c1)OCO2. The lowest BCUT2D eigenvalue weighted by atomic mass is 10.1. The second-order valence-electron chi connectivity index (χ2n) is 6.95. The van der Waals surface area contributed by atoms with Crippen molar-refractivity contribution in [2.24, 2.45) is 0 Å². The summed E-state index contributed by atoms with van der Waals surface area (Å²) in [5, 5.41) is 5.75. The number of nitrogens with one attached hydrogen (secondary N) is 2. The minimum absolute atomic E-state index is 0.130. The number of carbonyl (C=O) groups is 2. The summed E-state index contributed by atoms with van der Waals surface area (Å²) in [6.45, 7) is 0.550. The van der Waals surface area contributed by atoms with Crippen LogP contribution in [0, 0.1) is 0 Å². The second-order valence-corrected chi connectivity index (χ2v) is 6.95. The van der Waals surface area contributed by atoms with Crippen LogP contribution in [0.3, 0.4) is 0 Å². The van der Waals surface area contributed by atoms with Gasteiger partial charge in [0, 0.05) is 13.0 Å². The summed E-state index contributed by atoms with van der Waals surface area (Å²) >= 11 is 0. The first-order chi connectivity index (χ1) is 14.7. The summed E-state index contributed by atoms with van der Waals surface area (Å²) in [6.07, 6.45) is 0.988. The van der Waals surface area contributed by atoms with Gasteiger partial charge < -0.3 is 20.1 Å². The Morgan fingerprint density at radius 2 is 1.60 bits per heavy atom. The standard InChI is InChI=1S/C24H22N2O4/c27-23(13-11-17-6-2-1-3-7-17)26-20-9-5-4-8-19(20)24(28)25-15-18-10-12-21-22(14-18)30-16-29-21/h1-10,12,14H,11,13,15-16H2,(H,25,28)(H,26,27). The molecule has 0 radical (unpaired) electrons. The monoisotopic (exact) mass is 402 g/mol. The molecule has 6 nitrogen and oxygen atoms in total. The summed E-state index contributed by atoms with van der Waals surface area (Å²) in [5.41, 5.74) is 2.92. The molecule has 2 amide bonds. The van der Waals surface area contributed by atoms with Crippen LogP contribution >= 0.6 is 0 Å². The molecule has 0 aliphatic carbocycles. The van der Waals surface area contributed by atoms with Gasteiger partial charge in [0.1, 0.15) is 0 Å². The van der Waals surface area contributed by atoms with Crippen molar-refractivity contribution in [2.75, 3.05) is 12.1 Å². The van der Waals surface area contributed by atoms with E-state index >= 15 is 0 Å². The first kappa shape index (κ1) is 19.5. The van der Waals surface area contributed by atoms with Gasteiger partial charge in [0.05, 0.1) is 11.3 Å². The average Bonchev–Trinajstić information content (AvgIpc) is 3.25. The fourth-order valence-electron chi connectivity index (χ4n) is 3.23. The average molecular weight is 402 g/mol. The van der Waals surface area contributed by atoms with E-state index in [2.05, 4.69) is 10.6 Å². The van der Waals surface area contributed by atoms with Crippen LogP contribution < -0.4 is 20.1 Å². The Balaban J connectivity index is 1.36. The van der Waals surface area contributed by atoms with Crippen LogP contribution in [0.5, 0.6) is 11.5 Å². The van der Waals surface area contributed by atoms with E-state index in [9.17, 15) is 9.59 Å². The molecular weight excluding hydrogens is 380 g/mol. The first-order valence-electron chi connectivity index (χ1n) is 9.78. The number of hydrogen-bond donors (Lipinski definition) is 2. The van der Waals surface area contributed by atoms with Crippen LogP contribution in [0.4, 0.5) is 5.69 Å². The molecule has 0 aromatic heterocycles. The zero-order chi connectivity index (χ0) is 20.8. The quantitative estimate of drug-likeness (QED) is 0.628. The second kappa shape index (κ2) is 9.13. The van der Waals surface area contributed by atoms with Gasteiger partial charge in [-0.15, -0.1) is 0 Å². The molecule has 3 aromatic carbocycles. The number of anilines is 1. The summed E-state index contributed by atoms with van der Waals surface area (Å²) in [4.78, 5) is 25.1. The third kappa shape index (κ3) is 4.78. The number of rotatable bonds is 7. The Labute approximate surface area is 174 Å². The van der Waals surface area contributed by atoms with Crippen molar-refractivity contribution >= 4 is 17.5 Å². The van der Waals surface area contributed by atoms with Crippen molar-refractivity contribution in [3.8, 4) is 11.5 Å². The highest BCUT2D eigenvalue weighted by Crippen LogP contribution is 2.32. The van der Waals surface area contributed by atoms with Crippen LogP contribution in [-0.2, 0) is 17.8 Å². The molecule has 1 heterocycles. The van der Waals surface area contributed by atoms with Crippen molar-refractivity contribution in [2.45, 2.75) is 19.4 Å². The van der Waals surface area contributed by atoms with Crippen molar-refractivity contribution < 1.29 is 19.1 Å². The predicted octanol–water partition coefficient (Wildman–Crippen LogP) is 3.92. The molecule has 1 aliphatic rings. The van der Waals surface area contributed by atoms with E-state index in [1.807, 2.05) is 48.5 Å². The Morgan fingerprint density at radius 3 is 2.47 bits per heavy atom. The molecule has 0 spiro atoms. The normalized spacial score (nSPS) is 11.7. The lowest BCUT2D eigenvalue weighted by Gasteiger charge is -2.12. The molecule has 2 N–H and O–H groups in total. The molecule has 30 heavy (non-hydrogen) atoms. The highest BCUT2D eigenvalue weighted by atomic mass is 16.7. The molecule has 1 aliphatic heterocycles. The number of amides is 2. The Bertz CT molecular complexity index is 1050. The zero-order valence-corrected chi connectivity index (χ0v) is 16.4. The van der Waals surface area contributed by atoms with Gasteiger partial charge in [-0.25, -0.2) is 0 Å². The largest absolute Gasteiger partial charge is 0.454 e. The molecular formula is C24H22N2O4. The molecule has 152 valence electrons. The van der Waals surface area contributed by atoms with Crippen LogP contribution in [0.1, 0.15) is 27.9 Å². The number of hydrogen-bond acceptors (Lipinski definition) is 4. The first-order valence-corrected chi connectivity index (χ1v) is 9.78. The van der Waals surface area contributed by atoms with Gasteiger partial charge in [0.15, 0.2) is 11.5 Å². The fraction of sp³-hybridized carbons (Fsp3) is 0.167. The smallest absolute Gasteiger partial charge is 0.253 e. The van der Waals surface area contributed by atoms with Crippen LogP contribution in [0.15, 0.2) is 72.8 Å². The summed E-state index contributed by atoms with van der Waals surface area (Å²) in [6, 6.07) is 22.4. The van der Waals surface area contributed by atoms with Crippen LogP contribution in [0.25, 0.3) is 0 Å². The van der Waals surface area contributed by atoms with E-state index < -0.39 is 0 Å². The highest BCUT2D eigenvalue weighted by Gasteiger charge is 2.15. The van der Waals surface area contributed by atoms with E-state index in [1.54, 1.807) is 24.3 Å². The van der Waals surface area contributed by atoms with Crippen LogP contribution in [-0.4, -0.2) is 18.6 Å². The van der Waals surface area contributed by atoms with E-state index in [4.69, 9.17) is 9.47 Å². The lowest BCUT2D eigenvalue weighted by molar-refractivity contribution is -0.116. The van der Waals surface area contributed by atoms with Crippen LogP contribution in [0.2, 0.25) is 0 Å². The molecule has 3 aromatic rings. The van der Waals surface area contributed by atoms with Gasteiger partial charge >= 0.3 is 0 Å². The molecule has 0 saturated heterocycles. The maximum atomic E-state index is 12.7. The Hall–Kier alpha value is -3.80. The summed E-state index contributed by atoms with van der Waals surface area (Å²) < 4.78 is 10.7. The summed E-state index contributed by atoms with van der Waals surface area (Å²) in [5.74, 6) is 0.989. The van der Waals surface area contributed by atoms with E-state index in [-0.39, 0.29) is 18.6 Å². The number of aryl methyl sites for hydroxylation is 1. The number of fused-ring (bicyclic) bond motifs is 1. The van der Waals surface area contributed by atoms with E-state index in [0.717, 1.165) is 11.1 Å². The van der Waals surface area contributed by atoms with Crippen molar-refractivity contribution in [3.63, 3.8) is 0 Å². The molecule has 4 rings (SSSR count). The van der Waals surface area contributed by atoms with Gasteiger partial charge in [0.2, 0.25) is 12.7 Å². The van der Waals surface area contributed by atoms with Gasteiger partial charge in [-0.1, -0.05) is 48.5 Å². The highest BCUT2D eigenvalue weighted by molar-refractivity contribution is 6.03. The van der Waals surface area contributed by atoms with Crippen molar-refractivity contribution in [1.82, 2.24) is 5.32 Å². The number of carbonyl (C=O) groups excluding carboxylic acids is 2. The van der Waals surface area contributed by atoms with Crippen molar-refractivity contribution in [3.05, 3.63) is 89.5 Å². The zero-order valence-electron chi connectivity index (χ0n) is 16.4. The van der Waals surface area contributed by atoms with E-state index in [0.29, 0.717) is 42.1 Å². The molecule has 0 atom stereocenters. The van der Waals surface area contributed by atoms with E-state index in [1.165, 1.54) is 0 Å². The maximum Gasteiger partial charge on any atom is 0.253 e. The maximum absolute atomic E-state index is 12.7. The molecule has 0 unspecified atom stereocenters. The number of benzene rings is 3. The predicted molar refractivity (Wildman–Crippen MR) is 114 cm³/mol. The Morgan fingerprint density at radius 1 is 0.833 bits per heavy atom. The van der Waals surface area contributed by atoms with Gasteiger partial charge in [-0.2, -0.15) is 0 Å². The van der Waals surface area contributed by atoms with Gasteiger partial charge in [0.25, 0.3) is 5.91 Å². The third-order valence-corrected chi connectivity index (χ3v) is 4.82. The molecule has 6 heteroatoms. The fourth-order valence-corrected chi connectivity index (χ4v) is 3.23. The Kier molecular flexibility index (Phi) is 5.94. The molecule has 0 fully saturated rings.